The molecule has 4 unspecified atom stereocenters. The summed E-state index contributed by atoms with van der Waals surface area (Å²) in [6.07, 6.45) is 15.2. The fourth-order valence-electron chi connectivity index (χ4n) is 23.0. The molecule has 0 bridgehead atoms. The van der Waals surface area contributed by atoms with Crippen LogP contribution in [0.25, 0.3) is 0 Å². The fourth-order valence-corrected chi connectivity index (χ4v) is 23.0. The second kappa shape index (κ2) is 45.2. The molecule has 8 aromatic carbocycles. The Morgan fingerprint density at radius 1 is 0.313 bits per heavy atom. The second-order valence-electron chi connectivity index (χ2n) is 44.4. The Morgan fingerprint density at radius 2 is 0.575 bits per heavy atom. The van der Waals surface area contributed by atoms with Crippen LogP contribution in [0, 0.1) is 71.0 Å². The summed E-state index contributed by atoms with van der Waals surface area (Å²) in [6, 6.07) is 57.4. The van der Waals surface area contributed by atoms with Gasteiger partial charge < -0.3 is 76.6 Å². The number of amides is 3. The van der Waals surface area contributed by atoms with Crippen molar-refractivity contribution in [1.29, 1.82) is 0 Å². The maximum absolute atomic E-state index is 13.2. The van der Waals surface area contributed by atoms with Crippen LogP contribution < -0.4 is 21.3 Å². The van der Waals surface area contributed by atoms with E-state index in [1.54, 1.807) is 36.4 Å². The van der Waals surface area contributed by atoms with E-state index in [9.17, 15) is 50.1 Å². The summed E-state index contributed by atoms with van der Waals surface area (Å²) >= 11 is 0. The Morgan fingerprint density at radius 3 is 0.866 bits per heavy atom. The summed E-state index contributed by atoms with van der Waals surface area (Å²) in [7, 11) is 0. The minimum absolute atomic E-state index is 0.00683. The first-order chi connectivity index (χ1) is 63.8. The number of nitrogens with zero attached hydrogens (tertiary/aromatic N) is 4. The van der Waals surface area contributed by atoms with Crippen molar-refractivity contribution in [3.05, 3.63) is 243 Å². The average molecular weight is 1830 g/mol. The second-order valence-corrected chi connectivity index (χ2v) is 44.4. The minimum atomic E-state index is -0.00683. The Balaban J connectivity index is 0.000000152. The van der Waals surface area contributed by atoms with E-state index in [-0.39, 0.29) is 75.3 Å². The normalized spacial score (nSPS) is 26.4. The van der Waals surface area contributed by atoms with Crippen LogP contribution in [0.3, 0.4) is 0 Å². The molecule has 4 heterocycles. The van der Waals surface area contributed by atoms with Crippen LogP contribution in [0.2, 0.25) is 0 Å². The zero-order valence-corrected chi connectivity index (χ0v) is 83.6. The molecule has 16 atom stereocenters. The molecule has 18 heteroatoms. The monoisotopic (exact) mass is 1830 g/mol. The first-order valence-corrected chi connectivity index (χ1v) is 51.0. The number of fused-ring (bicyclic) bond motifs is 4. The zero-order chi connectivity index (χ0) is 96.1. The SMILES string of the molecule is CC(C)[C@@H](CN1CC[C@@](C)(c2cccc(O)c2)[C@@H](C)C1)NC(=O)C1CCc2cc(O)ccc2C1.CC(C)[C@@H](CN1CC[C@@](C)(c2cccc(O)c2)[C@@H](C)C1)NC(=O)C1CCc2cc(O)ccc2C1.CC(C)[C@@H](CN1CC[C@@](C)(c2cccc(O)c2)[C@@H](C)C1)NC(=O)C1CCc2ccccc2C1.CC(C)[C@@H](CN1CC[C@@](C)(c2cccc(O)c2)[C@@H](C)C1)NCC1CCc2cc(O)ccc2C1. The average Bonchev–Trinajstić information content (AvgIpc) is 0.792. The van der Waals surface area contributed by atoms with E-state index in [0.29, 0.717) is 99.5 Å². The fraction of sp³-hybridized carbons (Fsp3) is 0.560. The van der Waals surface area contributed by atoms with Gasteiger partial charge in [0.05, 0.1) is 0 Å². The van der Waals surface area contributed by atoms with Gasteiger partial charge in [-0.3, -0.25) is 14.4 Å². The molecular formula is C116H162N8O10. The zero-order valence-electron chi connectivity index (χ0n) is 83.6. The minimum Gasteiger partial charge on any atom is -0.508 e. The molecular weight excluding hydrogens is 1670 g/mol. The number of phenolic OH excluding ortho intramolecular Hbond substituents is 7. The number of carbonyl (C=O) groups is 3. The summed E-state index contributed by atoms with van der Waals surface area (Å²) in [4.78, 5) is 49.8. The smallest absolute Gasteiger partial charge is 0.223 e. The molecule has 726 valence electrons. The summed E-state index contributed by atoms with van der Waals surface area (Å²) in [6.45, 7) is 49.3. The van der Waals surface area contributed by atoms with E-state index < -0.39 is 0 Å². The van der Waals surface area contributed by atoms with Crippen molar-refractivity contribution in [1.82, 2.24) is 40.9 Å². The number of hydrogen-bond donors (Lipinski definition) is 11. The van der Waals surface area contributed by atoms with E-state index in [0.717, 1.165) is 181 Å². The first-order valence-electron chi connectivity index (χ1n) is 51.0. The van der Waals surface area contributed by atoms with Gasteiger partial charge in [-0.2, -0.15) is 0 Å². The van der Waals surface area contributed by atoms with E-state index >= 15 is 0 Å². The molecule has 8 aromatic rings. The molecule has 3 amide bonds. The predicted octanol–water partition coefficient (Wildman–Crippen LogP) is 19.3. The molecule has 4 saturated heterocycles. The number of rotatable bonds is 25. The summed E-state index contributed by atoms with van der Waals surface area (Å²) in [5, 5.41) is 83.2. The lowest BCUT2D eigenvalue weighted by Gasteiger charge is -2.46. The highest BCUT2D eigenvalue weighted by molar-refractivity contribution is 5.81. The number of benzene rings is 8. The Labute approximate surface area is 802 Å². The van der Waals surface area contributed by atoms with Crippen molar-refractivity contribution < 1.29 is 50.1 Å². The number of likely N-dealkylation sites (tertiary alicyclic amines) is 4. The molecule has 8 aliphatic rings. The largest absolute Gasteiger partial charge is 0.508 e. The Kier molecular flexibility index (Phi) is 34.4. The van der Waals surface area contributed by atoms with Crippen molar-refractivity contribution >= 4 is 17.7 Å². The van der Waals surface area contributed by atoms with Gasteiger partial charge in [0.2, 0.25) is 17.7 Å². The van der Waals surface area contributed by atoms with Crippen LogP contribution in [0.1, 0.15) is 229 Å². The van der Waals surface area contributed by atoms with Crippen molar-refractivity contribution in [2.45, 2.75) is 259 Å². The van der Waals surface area contributed by atoms with E-state index in [4.69, 9.17) is 0 Å². The highest BCUT2D eigenvalue weighted by atomic mass is 16.3. The third-order valence-electron chi connectivity index (χ3n) is 33.8. The maximum atomic E-state index is 13.2. The summed E-state index contributed by atoms with van der Waals surface area (Å²) in [5.41, 5.74) is 15.3. The standard InChI is InChI=1S/2C29H40N2O3.C29H40N2O2.C29H42N2O2/c2*1-19(2)27(30-28(34)23-9-8-22-15-26(33)11-10-21(22)14-23)18-31-13-12-29(4,20(3)17-31)24-6-5-7-25(32)16-24;1-20(2)27(30-28(33)24-13-12-22-8-5-6-9-23(22)16-24)19-31-15-14-29(4,21(3)18-31)25-10-7-11-26(32)17-25;1-20(2)28(30-17-22-8-9-24-15-27(33)11-10-23(24)14-22)19-31-13-12-29(4,21(3)18-31)25-6-5-7-26(32)16-25/h2*5-7,10-11,15-16,19-20,23,27,32-33H,8-9,12-14,17-18H2,1-4H3,(H,30,34);5-11,17,20-21,24,27,32H,12-16,18-19H2,1-4H3,(H,30,33);5-7,10-11,15-16,20-22,28,30,32-33H,8-9,12-14,17-19H2,1-4H3/t2*20-,23?,27+,29+;21-,24?,27+,29+;21-,22?,28+,29+/m0000/s1. The van der Waals surface area contributed by atoms with Crippen LogP contribution in [0.15, 0.2) is 176 Å². The molecule has 0 spiro atoms. The number of aryl methyl sites for hydroxylation is 4. The molecule has 0 saturated carbocycles. The lowest BCUT2D eigenvalue weighted by atomic mass is 9.68. The molecule has 0 aromatic heterocycles. The van der Waals surface area contributed by atoms with E-state index in [2.05, 4.69) is 206 Å². The number of nitrogens with one attached hydrogen (secondary N) is 4. The van der Waals surface area contributed by atoms with Crippen LogP contribution >= 0.6 is 0 Å². The van der Waals surface area contributed by atoms with Crippen molar-refractivity contribution in [2.24, 2.45) is 71.0 Å². The number of hydrogen-bond acceptors (Lipinski definition) is 15. The first kappa shape index (κ1) is 102. The molecule has 4 aliphatic heterocycles. The van der Waals surface area contributed by atoms with E-state index in [1.807, 2.05) is 84.9 Å². The van der Waals surface area contributed by atoms with Gasteiger partial charge in [0, 0.05) is 94.3 Å². The van der Waals surface area contributed by atoms with Crippen LogP contribution in [-0.2, 0) is 87.4 Å². The van der Waals surface area contributed by atoms with Crippen molar-refractivity contribution in [2.75, 3.05) is 85.1 Å². The Hall–Kier alpha value is -9.43. The number of carbonyl (C=O) groups excluding carboxylic acids is 3. The predicted molar refractivity (Wildman–Crippen MR) is 542 cm³/mol. The molecule has 0 radical (unpaired) electrons. The lowest BCUT2D eigenvalue weighted by Crippen LogP contribution is -2.54. The molecule has 11 N–H and O–H groups in total. The highest BCUT2D eigenvalue weighted by Crippen LogP contribution is 2.46. The molecule has 134 heavy (non-hydrogen) atoms. The third-order valence-corrected chi connectivity index (χ3v) is 33.8. The number of piperidine rings is 4. The van der Waals surface area contributed by atoms with Gasteiger partial charge in [-0.05, 0) is 362 Å². The molecule has 4 fully saturated rings. The highest BCUT2D eigenvalue weighted by Gasteiger charge is 2.45. The summed E-state index contributed by atoms with van der Waals surface area (Å²) < 4.78 is 0. The van der Waals surface area contributed by atoms with Crippen molar-refractivity contribution in [3.63, 3.8) is 0 Å². The molecule has 16 rings (SSSR count). The van der Waals surface area contributed by atoms with Gasteiger partial charge in [-0.1, -0.05) is 202 Å². The quantitative estimate of drug-likeness (QED) is 0.0254. The molecule has 18 nitrogen and oxygen atoms in total. The topological polar surface area (TPSA) is 254 Å². The van der Waals surface area contributed by atoms with Crippen LogP contribution in [0.5, 0.6) is 40.2 Å². The number of aromatic hydroxyl groups is 7. The number of phenols is 7. The van der Waals surface area contributed by atoms with Gasteiger partial charge in [-0.15, -0.1) is 0 Å². The van der Waals surface area contributed by atoms with Crippen LogP contribution in [0.4, 0.5) is 0 Å². The Bertz CT molecular complexity index is 5060. The van der Waals surface area contributed by atoms with E-state index in [1.165, 1.54) is 73.2 Å². The maximum Gasteiger partial charge on any atom is 0.223 e. The van der Waals surface area contributed by atoms with Gasteiger partial charge in [0.25, 0.3) is 0 Å². The molecule has 4 aliphatic carbocycles. The van der Waals surface area contributed by atoms with Crippen molar-refractivity contribution in [3.8, 4) is 40.2 Å². The van der Waals surface area contributed by atoms with Gasteiger partial charge in [-0.25, -0.2) is 0 Å². The van der Waals surface area contributed by atoms with Gasteiger partial charge >= 0.3 is 0 Å². The lowest BCUT2D eigenvalue weighted by molar-refractivity contribution is -0.127. The third kappa shape index (κ3) is 25.7. The summed E-state index contributed by atoms with van der Waals surface area (Å²) in [5.74, 6) is 7.21. The van der Waals surface area contributed by atoms with Gasteiger partial charge in [0.15, 0.2) is 0 Å². The van der Waals surface area contributed by atoms with Crippen LogP contribution in [-0.4, -0.2) is 182 Å². The van der Waals surface area contributed by atoms with Gasteiger partial charge in [0.1, 0.15) is 40.2 Å².